The second kappa shape index (κ2) is 3.97. The number of ketones is 1. The van der Waals surface area contributed by atoms with Gasteiger partial charge in [-0.15, -0.1) is 0 Å². The zero-order valence-corrected chi connectivity index (χ0v) is 9.70. The highest BCUT2D eigenvalue weighted by molar-refractivity contribution is 9.10. The van der Waals surface area contributed by atoms with Gasteiger partial charge >= 0.3 is 5.97 Å². The fourth-order valence-corrected chi connectivity index (χ4v) is 2.50. The van der Waals surface area contributed by atoms with Crippen molar-refractivity contribution >= 4 is 27.7 Å². The van der Waals surface area contributed by atoms with Gasteiger partial charge in [-0.2, -0.15) is 0 Å². The first kappa shape index (κ1) is 11.3. The van der Waals surface area contributed by atoms with Gasteiger partial charge < -0.3 is 5.11 Å². The number of hydrogen-bond acceptors (Lipinski definition) is 2. The number of Topliss-reactive ketones (excluding diaryl/α,β-unsaturated/α-hetero) is 1. The first-order valence-electron chi connectivity index (χ1n) is 4.70. The van der Waals surface area contributed by atoms with Crippen molar-refractivity contribution in [3.05, 3.63) is 35.1 Å². The predicted octanol–water partition coefficient (Wildman–Crippen LogP) is 2.03. The molecule has 3 nitrogen and oxygen atoms in total. The summed E-state index contributed by atoms with van der Waals surface area (Å²) >= 11 is 3.06. The molecular weight excluding hydrogens is 279 g/mol. The number of rotatable bonds is 1. The maximum Gasteiger partial charge on any atom is 0.308 e. The van der Waals surface area contributed by atoms with Crippen LogP contribution in [0.2, 0.25) is 0 Å². The van der Waals surface area contributed by atoms with E-state index in [1.807, 2.05) is 0 Å². The molecule has 1 aliphatic rings. The van der Waals surface area contributed by atoms with Gasteiger partial charge in [0, 0.05) is 5.56 Å². The second-order valence-corrected chi connectivity index (χ2v) is 4.70. The number of carboxylic acid groups (broad SMARTS) is 1. The van der Waals surface area contributed by atoms with E-state index >= 15 is 0 Å². The summed E-state index contributed by atoms with van der Waals surface area (Å²) in [5.41, 5.74) is 0.869. The molecule has 0 fully saturated rings. The van der Waals surface area contributed by atoms with Gasteiger partial charge in [-0.1, -0.05) is 22.0 Å². The van der Waals surface area contributed by atoms with Gasteiger partial charge in [0.15, 0.2) is 5.78 Å². The van der Waals surface area contributed by atoms with Crippen molar-refractivity contribution in [3.63, 3.8) is 0 Å². The normalized spacial score (nSPS) is 24.0. The zero-order valence-electron chi connectivity index (χ0n) is 8.11. The summed E-state index contributed by atoms with van der Waals surface area (Å²) in [6.07, 6.45) is 0.243. The lowest BCUT2D eigenvalue weighted by atomic mass is 9.83. The molecule has 0 saturated carbocycles. The Kier molecular flexibility index (Phi) is 2.80. The largest absolute Gasteiger partial charge is 0.481 e. The third-order valence-electron chi connectivity index (χ3n) is 2.70. The number of carbonyl (C=O) groups excluding carboxylic acids is 1. The number of carboxylic acids is 1. The average Bonchev–Trinajstić information content (AvgIpc) is 2.23. The van der Waals surface area contributed by atoms with E-state index in [9.17, 15) is 14.0 Å². The lowest BCUT2D eigenvalue weighted by molar-refractivity contribution is -0.141. The highest BCUT2D eigenvalue weighted by atomic mass is 79.9. The minimum absolute atomic E-state index is 0.243. The van der Waals surface area contributed by atoms with Gasteiger partial charge in [0.2, 0.25) is 0 Å². The summed E-state index contributed by atoms with van der Waals surface area (Å²) < 4.78 is 13.0. The number of aliphatic carboxylic acids is 1. The molecule has 2 atom stereocenters. The number of halogens is 2. The fourth-order valence-electron chi connectivity index (χ4n) is 1.84. The van der Waals surface area contributed by atoms with Gasteiger partial charge in [-0.3, -0.25) is 9.59 Å². The molecule has 1 N–H and O–H groups in total. The molecule has 1 aromatic rings. The molecule has 1 aromatic carbocycles. The SMILES string of the molecule is O=C1c2cc(F)ccc2CC(C(=O)O)C1Br. The Balaban J connectivity index is 2.48. The number of benzene rings is 1. The maximum absolute atomic E-state index is 13.0. The number of hydrogen-bond donors (Lipinski definition) is 1. The molecule has 2 unspecified atom stereocenters. The maximum atomic E-state index is 13.0. The van der Waals surface area contributed by atoms with Crippen molar-refractivity contribution < 1.29 is 19.1 Å². The number of carbonyl (C=O) groups is 2. The topological polar surface area (TPSA) is 54.4 Å². The van der Waals surface area contributed by atoms with Crippen LogP contribution in [-0.2, 0) is 11.2 Å². The van der Waals surface area contributed by atoms with Gasteiger partial charge in [0.05, 0.1) is 10.7 Å². The van der Waals surface area contributed by atoms with Crippen LogP contribution in [-0.4, -0.2) is 21.7 Å². The molecule has 0 amide bonds. The van der Waals surface area contributed by atoms with Crippen LogP contribution < -0.4 is 0 Å². The van der Waals surface area contributed by atoms with Crippen molar-refractivity contribution in [2.24, 2.45) is 5.92 Å². The Hall–Kier alpha value is -1.23. The van der Waals surface area contributed by atoms with Crippen LogP contribution in [0.5, 0.6) is 0 Å². The van der Waals surface area contributed by atoms with Gasteiger partial charge in [-0.25, -0.2) is 4.39 Å². The van der Waals surface area contributed by atoms with Crippen LogP contribution in [0.15, 0.2) is 18.2 Å². The third kappa shape index (κ3) is 1.75. The van der Waals surface area contributed by atoms with Gasteiger partial charge in [-0.05, 0) is 24.1 Å². The Morgan fingerprint density at radius 1 is 1.50 bits per heavy atom. The standard InChI is InChI=1S/C11H8BrFO3/c12-9-8(11(15)16)3-5-1-2-6(13)4-7(5)10(9)14/h1-2,4,8-9H,3H2,(H,15,16). The highest BCUT2D eigenvalue weighted by Gasteiger charge is 2.38. The van der Waals surface area contributed by atoms with Crippen molar-refractivity contribution in [3.8, 4) is 0 Å². The van der Waals surface area contributed by atoms with Crippen LogP contribution in [0.1, 0.15) is 15.9 Å². The molecule has 5 heteroatoms. The molecule has 0 aliphatic heterocycles. The van der Waals surface area contributed by atoms with Crippen molar-refractivity contribution in [2.45, 2.75) is 11.2 Å². The van der Waals surface area contributed by atoms with Crippen LogP contribution in [0.3, 0.4) is 0 Å². The van der Waals surface area contributed by atoms with E-state index in [4.69, 9.17) is 5.11 Å². The Bertz CT molecular complexity index is 472. The highest BCUT2D eigenvalue weighted by Crippen LogP contribution is 2.30. The molecule has 0 spiro atoms. The summed E-state index contributed by atoms with van der Waals surface area (Å²) in [6, 6.07) is 3.86. The van der Waals surface area contributed by atoms with E-state index in [0.717, 1.165) is 6.07 Å². The van der Waals surface area contributed by atoms with Crippen LogP contribution in [0.4, 0.5) is 4.39 Å². The van der Waals surface area contributed by atoms with E-state index in [0.29, 0.717) is 5.56 Å². The van der Waals surface area contributed by atoms with Crippen molar-refractivity contribution in [1.82, 2.24) is 0 Å². The fraction of sp³-hybridized carbons (Fsp3) is 0.273. The summed E-state index contributed by atoms with van der Waals surface area (Å²) in [4.78, 5) is 22.0. The molecule has 2 rings (SSSR count). The Morgan fingerprint density at radius 2 is 2.19 bits per heavy atom. The number of alkyl halides is 1. The Labute approximate surface area is 99.4 Å². The molecular formula is C11H8BrFO3. The van der Waals surface area contributed by atoms with E-state index in [1.54, 1.807) is 0 Å². The smallest absolute Gasteiger partial charge is 0.308 e. The molecule has 0 heterocycles. The molecule has 0 saturated heterocycles. The summed E-state index contributed by atoms with van der Waals surface area (Å²) in [6.45, 7) is 0. The molecule has 0 radical (unpaired) electrons. The average molecular weight is 287 g/mol. The van der Waals surface area contributed by atoms with E-state index in [2.05, 4.69) is 15.9 Å². The van der Waals surface area contributed by atoms with Gasteiger partial charge in [0.25, 0.3) is 0 Å². The predicted molar refractivity (Wildman–Crippen MR) is 58.3 cm³/mol. The number of fused-ring (bicyclic) bond motifs is 1. The molecule has 1 aliphatic carbocycles. The first-order chi connectivity index (χ1) is 7.50. The summed E-state index contributed by atoms with van der Waals surface area (Å²) in [5, 5.41) is 8.95. The molecule has 16 heavy (non-hydrogen) atoms. The minimum atomic E-state index is -1.02. The van der Waals surface area contributed by atoms with Crippen LogP contribution in [0.25, 0.3) is 0 Å². The van der Waals surface area contributed by atoms with E-state index in [-0.39, 0.29) is 17.8 Å². The quantitative estimate of drug-likeness (QED) is 0.804. The second-order valence-electron chi connectivity index (χ2n) is 3.72. The first-order valence-corrected chi connectivity index (χ1v) is 5.62. The third-order valence-corrected chi connectivity index (χ3v) is 3.75. The molecule has 84 valence electrons. The monoisotopic (exact) mass is 286 g/mol. The zero-order chi connectivity index (χ0) is 11.9. The van der Waals surface area contributed by atoms with E-state index in [1.165, 1.54) is 12.1 Å². The van der Waals surface area contributed by atoms with Gasteiger partial charge in [0.1, 0.15) is 5.82 Å². The van der Waals surface area contributed by atoms with E-state index < -0.39 is 22.5 Å². The molecule has 0 bridgehead atoms. The lowest BCUT2D eigenvalue weighted by Crippen LogP contribution is -2.37. The summed E-state index contributed by atoms with van der Waals surface area (Å²) in [5.74, 6) is -2.66. The lowest BCUT2D eigenvalue weighted by Gasteiger charge is -2.25. The van der Waals surface area contributed by atoms with Crippen LogP contribution in [0, 0.1) is 11.7 Å². The summed E-state index contributed by atoms with van der Waals surface area (Å²) in [7, 11) is 0. The van der Waals surface area contributed by atoms with Crippen molar-refractivity contribution in [2.75, 3.05) is 0 Å². The molecule has 0 aromatic heterocycles. The Morgan fingerprint density at radius 3 is 2.81 bits per heavy atom. The van der Waals surface area contributed by atoms with Crippen LogP contribution >= 0.6 is 15.9 Å². The van der Waals surface area contributed by atoms with Crippen molar-refractivity contribution in [1.29, 1.82) is 0 Å². The minimum Gasteiger partial charge on any atom is -0.481 e.